The van der Waals surface area contributed by atoms with Gasteiger partial charge in [0.2, 0.25) is 11.8 Å². The number of hydrogen-bond donors (Lipinski definition) is 3. The predicted octanol–water partition coefficient (Wildman–Crippen LogP) is 0.937. The van der Waals surface area contributed by atoms with Crippen molar-refractivity contribution in [2.24, 2.45) is 23.7 Å². The van der Waals surface area contributed by atoms with Gasteiger partial charge in [0.25, 0.3) is 0 Å². The number of hydrogen-bond acceptors (Lipinski definition) is 11. The summed E-state index contributed by atoms with van der Waals surface area (Å²) in [7, 11) is 6.04. The molecule has 0 aliphatic carbocycles. The Kier molecular flexibility index (Phi) is 25.6. The largest absolute Gasteiger partial charge is 1.00 e. The van der Waals surface area contributed by atoms with E-state index in [1.165, 1.54) is 52.7 Å². The minimum Gasteiger partial charge on any atom is -0.870 e. The number of nitrogens with zero attached hydrogens (tertiary/aromatic N) is 2. The van der Waals surface area contributed by atoms with Gasteiger partial charge in [-0.3, -0.25) is 9.59 Å². The molecular formula is C50H65N2Na2O13+. The van der Waals surface area contributed by atoms with E-state index in [4.69, 9.17) is 18.9 Å². The van der Waals surface area contributed by atoms with Crippen molar-refractivity contribution in [2.75, 3.05) is 54.6 Å². The molecule has 0 bridgehead atoms. The Morgan fingerprint density at radius 3 is 1.25 bits per heavy atom. The Morgan fingerprint density at radius 1 is 0.612 bits per heavy atom. The first kappa shape index (κ1) is 60.7. The quantitative estimate of drug-likeness (QED) is 0.0911. The molecule has 0 saturated carbocycles. The fraction of sp³-hybridized carbons (Fsp3) is 0.440. The summed E-state index contributed by atoms with van der Waals surface area (Å²) in [6.07, 6.45) is 4.39. The zero-order chi connectivity index (χ0) is 46.0. The van der Waals surface area contributed by atoms with Gasteiger partial charge in [-0.05, 0) is 54.2 Å². The number of amides is 2. The molecular weight excluding hydrogens is 883 g/mol. The molecule has 7 N–H and O–H groups in total. The van der Waals surface area contributed by atoms with Crippen LogP contribution in [0.15, 0.2) is 72.8 Å². The fourth-order valence-electron chi connectivity index (χ4n) is 9.20. The van der Waals surface area contributed by atoms with Gasteiger partial charge in [0.15, 0.2) is 0 Å². The molecule has 2 amide bonds. The summed E-state index contributed by atoms with van der Waals surface area (Å²) in [5.74, 6) is 1.53. The molecule has 6 atom stereocenters. The second kappa shape index (κ2) is 28.2. The van der Waals surface area contributed by atoms with E-state index >= 15 is 0 Å². The summed E-state index contributed by atoms with van der Waals surface area (Å²) < 4.78 is 21.6. The van der Waals surface area contributed by atoms with Crippen molar-refractivity contribution in [1.82, 2.24) is 9.80 Å². The summed E-state index contributed by atoms with van der Waals surface area (Å²) in [5, 5.41) is 30.9. The number of carbonyl (C=O) groups is 3. The summed E-state index contributed by atoms with van der Waals surface area (Å²) in [6, 6.07) is 19.7. The number of ether oxygens (including phenoxy) is 4. The van der Waals surface area contributed by atoms with Crippen LogP contribution in [0.2, 0.25) is 0 Å². The van der Waals surface area contributed by atoms with Gasteiger partial charge >= 0.3 is 65.1 Å². The van der Waals surface area contributed by atoms with Gasteiger partial charge in [-0.1, -0.05) is 45.4 Å². The van der Waals surface area contributed by atoms with Crippen molar-refractivity contribution in [3.8, 4) is 34.5 Å². The number of methoxy groups -OCH3 is 4. The molecule has 17 heteroatoms. The van der Waals surface area contributed by atoms with E-state index in [9.17, 15) is 34.5 Å². The number of aromatic carboxylic acids is 1. The van der Waals surface area contributed by atoms with Gasteiger partial charge in [0.1, 0.15) is 34.5 Å². The number of carboxylic acid groups (broad SMARTS) is 1. The van der Waals surface area contributed by atoms with Crippen molar-refractivity contribution < 1.29 is 124 Å². The number of phenols is 2. The third-order valence-corrected chi connectivity index (χ3v) is 12.0. The van der Waals surface area contributed by atoms with Crippen LogP contribution >= 0.6 is 0 Å². The van der Waals surface area contributed by atoms with Crippen LogP contribution in [0.3, 0.4) is 0 Å². The maximum atomic E-state index is 13.3. The van der Waals surface area contributed by atoms with E-state index < -0.39 is 17.8 Å². The van der Waals surface area contributed by atoms with Gasteiger partial charge in [0, 0.05) is 86.2 Å². The van der Waals surface area contributed by atoms with Crippen LogP contribution in [0, 0.1) is 23.7 Å². The molecule has 354 valence electrons. The summed E-state index contributed by atoms with van der Waals surface area (Å²) in [6.45, 7) is 11.5. The standard InChI is InChI=1S/C25H31NO6.C25H30NO5.2Na.2H2O/c1-15-9-16(2)14-26(13-15)23(28)12-20(17-5-7-18(8-6-17)25(29)30)24-21(27)10-19(31-3)11-22(24)32-4;1-16-9-17(2)14-26(13-16)24(29)12-21(19-7-5-18(15-27)6-8-19)25-22(28)10-20(30-3)11-23(25)31-4;;;;/h5-8,10-11,15-16,20,27H,9,12-14H2,1-4H3,(H,29,30);5-8,10-11,16-17,21,28H,9,12-14H2,1-4H3;;;2*1H2/q;-1;2*+1;;/t15-,16+,20?;16-,17+,21?;;;;. The summed E-state index contributed by atoms with van der Waals surface area (Å²) in [5.41, 5.74) is 3.12. The van der Waals surface area contributed by atoms with Crippen LogP contribution in [0.4, 0.5) is 0 Å². The van der Waals surface area contributed by atoms with Crippen molar-refractivity contribution in [3.63, 3.8) is 0 Å². The average molecular weight is 948 g/mol. The Labute approximate surface area is 438 Å². The molecule has 0 spiro atoms. The van der Waals surface area contributed by atoms with Gasteiger partial charge in [-0.15, -0.1) is 12.1 Å². The molecule has 2 heterocycles. The minimum absolute atomic E-state index is 0. The van der Waals surface area contributed by atoms with Gasteiger partial charge in [-0.25, -0.2) is 4.79 Å². The predicted molar refractivity (Wildman–Crippen MR) is 246 cm³/mol. The topological polar surface area (TPSA) is 235 Å². The molecule has 6 rings (SSSR count). The van der Waals surface area contributed by atoms with E-state index in [2.05, 4.69) is 27.7 Å². The van der Waals surface area contributed by atoms with E-state index in [0.717, 1.165) is 37.1 Å². The van der Waals surface area contributed by atoms with Crippen molar-refractivity contribution in [3.05, 3.63) is 106 Å². The van der Waals surface area contributed by atoms with Gasteiger partial charge in [-0.2, -0.15) is 17.7 Å². The Hall–Kier alpha value is -4.32. The maximum absolute atomic E-state index is 13.3. The maximum Gasteiger partial charge on any atom is 1.00 e. The van der Waals surface area contributed by atoms with Crippen molar-refractivity contribution in [2.45, 2.75) is 65.2 Å². The zero-order valence-corrected chi connectivity index (χ0v) is 44.6. The third-order valence-electron chi connectivity index (χ3n) is 12.0. The number of aromatic hydroxyl groups is 2. The molecule has 0 aromatic heterocycles. The van der Waals surface area contributed by atoms with Gasteiger partial charge < -0.3 is 59.8 Å². The normalized spacial score (nSPS) is 18.3. The second-order valence-electron chi connectivity index (χ2n) is 17.2. The number of likely N-dealkylation sites (tertiary alicyclic amines) is 2. The van der Waals surface area contributed by atoms with Crippen LogP contribution in [0.1, 0.15) is 103 Å². The smallest absolute Gasteiger partial charge is 0.870 e. The Morgan fingerprint density at radius 2 is 0.955 bits per heavy atom. The number of piperidine rings is 2. The summed E-state index contributed by atoms with van der Waals surface area (Å²) in [4.78, 5) is 52.7. The SMILES string of the molecule is COc1cc(O)c(C(CC(=O)N2C[C@H](C)C[C@H](C)C2)c2ccc(C(=O)O)cc2)c(OC)c1.COc1cc(O)c(C(CC(=O)N2C[C@H](C)C[C@H](C)C2)c2ccc([C-]=O)cc2)c(OC)c1.[Na+].[Na+].[OH-].[OH3+]. The Balaban J connectivity index is 0.000000633. The number of benzene rings is 4. The number of phenolic OH excluding ortho intramolecular Hbond substituents is 2. The van der Waals surface area contributed by atoms with Gasteiger partial charge in [0.05, 0.1) is 40.3 Å². The molecule has 67 heavy (non-hydrogen) atoms. The van der Waals surface area contributed by atoms with Crippen LogP contribution < -0.4 is 78.1 Å². The molecule has 0 radical (unpaired) electrons. The summed E-state index contributed by atoms with van der Waals surface area (Å²) >= 11 is 0. The number of rotatable bonds is 14. The van der Waals surface area contributed by atoms with Crippen molar-refractivity contribution >= 4 is 24.1 Å². The minimum atomic E-state index is -1.02. The Bertz CT molecular complexity index is 2210. The monoisotopic (exact) mass is 947 g/mol. The first-order chi connectivity index (χ1) is 30.1. The van der Waals surface area contributed by atoms with E-state index in [0.29, 0.717) is 76.4 Å². The average Bonchev–Trinajstić information content (AvgIpc) is 3.26. The molecule has 15 nitrogen and oxygen atoms in total. The van der Waals surface area contributed by atoms with E-state index in [1.807, 2.05) is 16.1 Å². The van der Waals surface area contributed by atoms with Crippen LogP contribution in [0.5, 0.6) is 34.5 Å². The first-order valence-corrected chi connectivity index (χ1v) is 21.4. The van der Waals surface area contributed by atoms with Crippen molar-refractivity contribution in [1.29, 1.82) is 0 Å². The third kappa shape index (κ3) is 15.9. The number of carbonyl (C=O) groups excluding carboxylic acids is 3. The molecule has 2 fully saturated rings. The molecule has 4 aromatic rings. The molecule has 2 unspecified atom stereocenters. The van der Waals surface area contributed by atoms with E-state index in [-0.39, 0.29) is 112 Å². The number of carboxylic acids is 1. The van der Waals surface area contributed by atoms with Crippen LogP contribution in [-0.2, 0) is 19.9 Å². The van der Waals surface area contributed by atoms with Crippen LogP contribution in [0.25, 0.3) is 0 Å². The van der Waals surface area contributed by atoms with E-state index in [1.54, 1.807) is 48.5 Å². The molecule has 2 saturated heterocycles. The molecule has 4 aromatic carbocycles. The first-order valence-electron chi connectivity index (χ1n) is 21.4. The second-order valence-corrected chi connectivity index (χ2v) is 17.2. The zero-order valence-electron chi connectivity index (χ0n) is 40.6. The molecule has 2 aliphatic heterocycles. The van der Waals surface area contributed by atoms with Crippen LogP contribution in [-0.4, -0.2) is 109 Å². The molecule has 2 aliphatic rings. The fourth-order valence-corrected chi connectivity index (χ4v) is 9.20.